The molecule has 2 aromatic rings. The highest BCUT2D eigenvalue weighted by atomic mass is 35.5. The number of hydrogen-bond acceptors (Lipinski definition) is 8. The summed E-state index contributed by atoms with van der Waals surface area (Å²) in [6.45, 7) is 7.15. The predicted octanol–water partition coefficient (Wildman–Crippen LogP) is 5.20. The minimum Gasteiger partial charge on any atom is -0.444 e. The normalized spacial score (nSPS) is 24.6. The molecule has 4 amide bonds. The largest absolute Gasteiger partial charge is 0.444 e. The van der Waals surface area contributed by atoms with E-state index in [1.54, 1.807) is 39.8 Å². The summed E-state index contributed by atoms with van der Waals surface area (Å²) in [7, 11) is -3.93. The standard InChI is InChI=1S/C36H43ClF3N5O7S/c1-5-21-16-35(21,32(48)43-53(50,51)25-12-13-25)42-30(46)28-15-24(52-33(49)44-17-20-8-6-11-27(37)26(20)19-44)18-45(28)31(47)29(34(2,3)4)41-23-10-7-9-22(14-23)36(38,39)40/h6-11,14,21,24-25,28-29,41H,5,12-13,15-19H2,1-4H3,(H,42,46)(H,43,48)/t21-,24-,28+,29-,35-/m1/s1. The van der Waals surface area contributed by atoms with Crippen LogP contribution >= 0.6 is 11.6 Å². The zero-order chi connectivity index (χ0) is 38.7. The SMILES string of the molecule is CC[C@@H]1C[C@]1(NC(=O)[C@@H]1C[C@@H](OC(=O)N2Cc3cccc(Cl)c3C2)CN1C(=O)[C@@H](Nc1cccc(C(F)(F)F)c1)C(C)(C)C)C(=O)NS(=O)(=O)C1CC1. The smallest absolute Gasteiger partial charge is 0.416 e. The Hall–Kier alpha value is -4.05. The van der Waals surface area contributed by atoms with Gasteiger partial charge >= 0.3 is 12.3 Å². The lowest BCUT2D eigenvalue weighted by Crippen LogP contribution is -2.58. The van der Waals surface area contributed by atoms with Crippen LogP contribution in [-0.2, 0) is 48.4 Å². The quantitative estimate of drug-likeness (QED) is 0.298. The number of nitrogens with one attached hydrogen (secondary N) is 3. The average Bonchev–Trinajstić information content (AvgIpc) is 3.97. The number of nitrogens with zero attached hydrogens (tertiary/aromatic N) is 2. The van der Waals surface area contributed by atoms with Crippen molar-refractivity contribution in [2.45, 2.75) is 108 Å². The van der Waals surface area contributed by atoms with E-state index in [-0.39, 0.29) is 44.1 Å². The maximum Gasteiger partial charge on any atom is 0.416 e. The Morgan fingerprint density at radius 1 is 1.06 bits per heavy atom. The molecular weight excluding hydrogens is 739 g/mol. The van der Waals surface area contributed by atoms with Gasteiger partial charge in [-0.1, -0.05) is 63.9 Å². The van der Waals surface area contributed by atoms with Crippen molar-refractivity contribution in [3.05, 3.63) is 64.2 Å². The number of amides is 4. The van der Waals surface area contributed by atoms with E-state index >= 15 is 0 Å². The van der Waals surface area contributed by atoms with Gasteiger partial charge in [-0.3, -0.25) is 24.0 Å². The van der Waals surface area contributed by atoms with E-state index in [0.717, 1.165) is 23.3 Å². The Balaban J connectivity index is 1.26. The number of likely N-dealkylation sites (tertiary alicyclic amines) is 1. The Bertz CT molecular complexity index is 1920. The van der Waals surface area contributed by atoms with E-state index in [4.69, 9.17) is 16.3 Å². The first-order valence-corrected chi connectivity index (χ1v) is 19.5. The van der Waals surface area contributed by atoms with Crippen LogP contribution in [0.1, 0.15) is 76.5 Å². The maximum absolute atomic E-state index is 14.5. The van der Waals surface area contributed by atoms with Crippen LogP contribution in [0, 0.1) is 11.3 Å². The van der Waals surface area contributed by atoms with Crippen molar-refractivity contribution in [2.75, 3.05) is 11.9 Å². The maximum atomic E-state index is 14.5. The molecule has 12 nitrogen and oxygen atoms in total. The second-order valence-electron chi connectivity index (χ2n) is 15.4. The molecule has 0 bridgehead atoms. The van der Waals surface area contributed by atoms with E-state index < -0.39 is 80.0 Å². The molecule has 2 saturated carbocycles. The number of halogens is 4. The molecule has 6 rings (SSSR count). The number of anilines is 1. The van der Waals surface area contributed by atoms with Gasteiger partial charge in [0.25, 0.3) is 5.91 Å². The molecule has 2 heterocycles. The van der Waals surface area contributed by atoms with E-state index in [1.807, 2.05) is 6.07 Å². The predicted molar refractivity (Wildman–Crippen MR) is 189 cm³/mol. The van der Waals surface area contributed by atoms with Crippen LogP contribution in [-0.4, -0.2) is 77.6 Å². The third-order valence-electron chi connectivity index (χ3n) is 10.5. The molecule has 0 unspecified atom stereocenters. The van der Waals surface area contributed by atoms with Gasteiger partial charge in [0.05, 0.1) is 23.9 Å². The summed E-state index contributed by atoms with van der Waals surface area (Å²) in [5.41, 5.74) is -1.69. The van der Waals surface area contributed by atoms with Crippen molar-refractivity contribution in [1.82, 2.24) is 19.8 Å². The van der Waals surface area contributed by atoms with E-state index in [9.17, 15) is 40.8 Å². The lowest BCUT2D eigenvalue weighted by atomic mass is 9.85. The molecule has 4 aliphatic rings. The first-order chi connectivity index (χ1) is 24.7. The van der Waals surface area contributed by atoms with Gasteiger partial charge in [0.2, 0.25) is 21.8 Å². The number of carbonyl (C=O) groups excluding carboxylic acids is 4. The summed E-state index contributed by atoms with van der Waals surface area (Å²) >= 11 is 6.34. The summed E-state index contributed by atoms with van der Waals surface area (Å²) in [6, 6.07) is 7.32. The second kappa shape index (κ2) is 14.0. The third kappa shape index (κ3) is 8.08. The van der Waals surface area contributed by atoms with Crippen LogP contribution in [0.15, 0.2) is 42.5 Å². The molecule has 288 valence electrons. The number of ether oxygens (including phenoxy) is 1. The lowest BCUT2D eigenvalue weighted by Gasteiger charge is -2.36. The molecule has 5 atom stereocenters. The second-order valence-corrected chi connectivity index (χ2v) is 17.8. The van der Waals surface area contributed by atoms with Crippen molar-refractivity contribution in [3.8, 4) is 0 Å². The molecule has 2 aromatic carbocycles. The Morgan fingerprint density at radius 2 is 1.75 bits per heavy atom. The summed E-state index contributed by atoms with van der Waals surface area (Å²) in [4.78, 5) is 58.3. The topological polar surface area (TPSA) is 154 Å². The van der Waals surface area contributed by atoms with Gasteiger partial charge in [-0.25, -0.2) is 13.2 Å². The highest BCUT2D eigenvalue weighted by Gasteiger charge is 2.62. The molecule has 0 radical (unpaired) electrons. The van der Waals surface area contributed by atoms with Crippen molar-refractivity contribution in [1.29, 1.82) is 0 Å². The molecular formula is C36H43ClF3N5O7S. The van der Waals surface area contributed by atoms with Crippen LogP contribution in [0.5, 0.6) is 0 Å². The van der Waals surface area contributed by atoms with Gasteiger partial charge in [0, 0.05) is 23.7 Å². The third-order valence-corrected chi connectivity index (χ3v) is 12.6. The number of rotatable bonds is 10. The Morgan fingerprint density at radius 3 is 2.36 bits per heavy atom. The number of alkyl halides is 3. The fourth-order valence-corrected chi connectivity index (χ4v) is 8.78. The highest BCUT2D eigenvalue weighted by Crippen LogP contribution is 2.47. The molecule has 53 heavy (non-hydrogen) atoms. The van der Waals surface area contributed by atoms with Crippen LogP contribution in [0.2, 0.25) is 5.02 Å². The molecule has 2 aliphatic carbocycles. The van der Waals surface area contributed by atoms with Crippen molar-refractivity contribution >= 4 is 51.1 Å². The van der Waals surface area contributed by atoms with Crippen LogP contribution in [0.3, 0.4) is 0 Å². The van der Waals surface area contributed by atoms with Crippen LogP contribution in [0.4, 0.5) is 23.7 Å². The monoisotopic (exact) mass is 781 g/mol. The van der Waals surface area contributed by atoms with E-state index in [2.05, 4.69) is 15.4 Å². The zero-order valence-corrected chi connectivity index (χ0v) is 31.3. The minimum atomic E-state index is -4.63. The van der Waals surface area contributed by atoms with Crippen molar-refractivity contribution < 1.29 is 45.5 Å². The van der Waals surface area contributed by atoms with Gasteiger partial charge in [-0.2, -0.15) is 13.2 Å². The molecule has 1 saturated heterocycles. The van der Waals surface area contributed by atoms with Gasteiger partial charge < -0.3 is 20.3 Å². The van der Waals surface area contributed by atoms with Crippen LogP contribution < -0.4 is 15.4 Å². The number of carbonyl (C=O) groups is 4. The molecule has 3 N–H and O–H groups in total. The summed E-state index contributed by atoms with van der Waals surface area (Å²) in [5.74, 6) is -2.62. The molecule has 17 heteroatoms. The Kier molecular flexibility index (Phi) is 10.2. The fraction of sp³-hybridized carbons (Fsp3) is 0.556. The molecule has 3 fully saturated rings. The van der Waals surface area contributed by atoms with Gasteiger partial charge in [0.15, 0.2) is 0 Å². The zero-order valence-electron chi connectivity index (χ0n) is 29.8. The van der Waals surface area contributed by atoms with E-state index in [0.29, 0.717) is 24.3 Å². The highest BCUT2D eigenvalue weighted by molar-refractivity contribution is 7.91. The lowest BCUT2D eigenvalue weighted by molar-refractivity contribution is -0.141. The number of hydrogen-bond donors (Lipinski definition) is 3. The van der Waals surface area contributed by atoms with E-state index in [1.165, 1.54) is 21.9 Å². The van der Waals surface area contributed by atoms with Gasteiger partial charge in [-0.15, -0.1) is 0 Å². The van der Waals surface area contributed by atoms with Gasteiger partial charge in [0.1, 0.15) is 23.7 Å². The number of fused-ring (bicyclic) bond motifs is 1. The minimum absolute atomic E-state index is 0.0276. The molecule has 0 aromatic heterocycles. The fourth-order valence-electron chi connectivity index (χ4n) is 7.16. The number of sulfonamides is 1. The van der Waals surface area contributed by atoms with Crippen molar-refractivity contribution in [3.63, 3.8) is 0 Å². The molecule has 0 spiro atoms. The first kappa shape index (κ1) is 38.7. The summed E-state index contributed by atoms with van der Waals surface area (Å²) < 4.78 is 74.0. The molecule has 2 aliphatic heterocycles. The van der Waals surface area contributed by atoms with Crippen LogP contribution in [0.25, 0.3) is 0 Å². The number of benzene rings is 2. The Labute approximate surface area is 311 Å². The summed E-state index contributed by atoms with van der Waals surface area (Å²) in [5, 5.41) is 5.52. The summed E-state index contributed by atoms with van der Waals surface area (Å²) in [6.07, 6.45) is -4.96. The average molecular weight is 782 g/mol. The van der Waals surface area contributed by atoms with Gasteiger partial charge in [-0.05, 0) is 66.0 Å². The first-order valence-electron chi connectivity index (χ1n) is 17.6. The van der Waals surface area contributed by atoms with Crippen molar-refractivity contribution in [2.24, 2.45) is 11.3 Å².